The van der Waals surface area contributed by atoms with Crippen LogP contribution in [-0.4, -0.2) is 57.5 Å². The third-order valence-corrected chi connectivity index (χ3v) is 6.33. The Kier molecular flexibility index (Phi) is 5.01. The summed E-state index contributed by atoms with van der Waals surface area (Å²) in [5.74, 6) is 3.24. The first kappa shape index (κ1) is 18.3. The number of hydrogen-bond donors (Lipinski definition) is 0. The van der Waals surface area contributed by atoms with Crippen LogP contribution in [0.15, 0.2) is 47.5 Å². The summed E-state index contributed by atoms with van der Waals surface area (Å²) in [4.78, 5) is 15.8. The van der Waals surface area contributed by atoms with Crippen LogP contribution in [0.25, 0.3) is 5.65 Å². The molecule has 7 nitrogen and oxygen atoms in total. The van der Waals surface area contributed by atoms with E-state index in [-0.39, 0.29) is 11.8 Å². The minimum absolute atomic E-state index is 0.156. The normalized spacial score (nSPS) is 18.8. The molecule has 3 aromatic rings. The van der Waals surface area contributed by atoms with E-state index in [4.69, 9.17) is 9.47 Å². The monoisotopic (exact) mass is 410 g/mol. The number of amides is 1. The second kappa shape index (κ2) is 7.94. The van der Waals surface area contributed by atoms with Gasteiger partial charge in [-0.05, 0) is 43.2 Å². The lowest BCUT2D eigenvalue weighted by Crippen LogP contribution is -2.40. The van der Waals surface area contributed by atoms with Gasteiger partial charge in [-0.3, -0.25) is 9.20 Å². The number of hydrogen-bond acceptors (Lipinski definition) is 6. The Bertz CT molecular complexity index is 1040. The number of pyridine rings is 1. The molecule has 1 aromatic carbocycles. The van der Waals surface area contributed by atoms with Gasteiger partial charge in [-0.1, -0.05) is 6.07 Å². The van der Waals surface area contributed by atoms with Gasteiger partial charge < -0.3 is 14.4 Å². The zero-order valence-electron chi connectivity index (χ0n) is 16.0. The van der Waals surface area contributed by atoms with Crippen molar-refractivity contribution in [2.45, 2.75) is 23.7 Å². The van der Waals surface area contributed by atoms with E-state index < -0.39 is 0 Å². The summed E-state index contributed by atoms with van der Waals surface area (Å²) in [6, 6.07) is 11.7. The molecular formula is C21H22N4O3S. The highest BCUT2D eigenvalue weighted by atomic mass is 32.2. The van der Waals surface area contributed by atoms with Crippen molar-refractivity contribution in [3.63, 3.8) is 0 Å². The van der Waals surface area contributed by atoms with Crippen molar-refractivity contribution in [1.29, 1.82) is 0 Å². The predicted molar refractivity (Wildman–Crippen MR) is 110 cm³/mol. The van der Waals surface area contributed by atoms with Crippen molar-refractivity contribution >= 4 is 23.3 Å². The highest BCUT2D eigenvalue weighted by molar-refractivity contribution is 8.00. The largest absolute Gasteiger partial charge is 0.486 e. The summed E-state index contributed by atoms with van der Waals surface area (Å²) in [7, 11) is 0. The number of ether oxygens (including phenoxy) is 2. The Balaban J connectivity index is 1.23. The van der Waals surface area contributed by atoms with Gasteiger partial charge in [0, 0.05) is 30.1 Å². The Morgan fingerprint density at radius 1 is 1.14 bits per heavy atom. The lowest BCUT2D eigenvalue weighted by atomic mass is 9.97. The summed E-state index contributed by atoms with van der Waals surface area (Å²) < 4.78 is 13.2. The summed E-state index contributed by atoms with van der Waals surface area (Å²) in [6.07, 6.45) is 3.99. The molecule has 0 aliphatic carbocycles. The predicted octanol–water partition coefficient (Wildman–Crippen LogP) is 3.00. The maximum absolute atomic E-state index is 12.8. The maximum atomic E-state index is 12.8. The average molecular weight is 410 g/mol. The average Bonchev–Trinajstić information content (AvgIpc) is 3.21. The Hall–Kier alpha value is -2.74. The molecule has 0 spiro atoms. The Morgan fingerprint density at radius 2 is 2.03 bits per heavy atom. The van der Waals surface area contributed by atoms with E-state index in [0.717, 1.165) is 47.3 Å². The first-order chi connectivity index (χ1) is 14.3. The highest BCUT2D eigenvalue weighted by Gasteiger charge is 2.28. The van der Waals surface area contributed by atoms with E-state index in [1.54, 1.807) is 0 Å². The second-order valence-electron chi connectivity index (χ2n) is 7.26. The number of likely N-dealkylation sites (tertiary alicyclic amines) is 1. The van der Waals surface area contributed by atoms with Crippen molar-refractivity contribution in [3.8, 4) is 11.5 Å². The maximum Gasteiger partial charge on any atom is 0.232 e. The fraction of sp³-hybridized carbons (Fsp3) is 0.381. The van der Waals surface area contributed by atoms with Crippen molar-refractivity contribution in [3.05, 3.63) is 48.4 Å². The van der Waals surface area contributed by atoms with Gasteiger partial charge in [0.15, 0.2) is 17.1 Å². The zero-order valence-corrected chi connectivity index (χ0v) is 16.8. The molecule has 0 unspecified atom stereocenters. The number of benzene rings is 1. The number of fused-ring (bicyclic) bond motifs is 2. The van der Waals surface area contributed by atoms with E-state index in [2.05, 4.69) is 10.2 Å². The first-order valence-electron chi connectivity index (χ1n) is 9.88. The molecule has 1 saturated heterocycles. The molecule has 0 bridgehead atoms. The molecule has 29 heavy (non-hydrogen) atoms. The standard InChI is InChI=1S/C21H22N4O3S/c26-20(14-29-16-6-7-17-18(12-16)28-11-10-27-17)24-8-3-4-15(13-24)21-23-22-19-5-1-2-9-25(19)21/h1-2,5-7,9,12,15H,3-4,8,10-11,13-14H2/t15-/m1/s1. The van der Waals surface area contributed by atoms with Crippen LogP contribution in [0.2, 0.25) is 0 Å². The molecule has 8 heteroatoms. The topological polar surface area (TPSA) is 69.0 Å². The first-order valence-corrected chi connectivity index (χ1v) is 10.9. The van der Waals surface area contributed by atoms with Crippen molar-refractivity contribution in [1.82, 2.24) is 19.5 Å². The summed E-state index contributed by atoms with van der Waals surface area (Å²) >= 11 is 1.54. The number of aromatic nitrogens is 3. The molecule has 150 valence electrons. The van der Waals surface area contributed by atoms with Crippen LogP contribution in [0.1, 0.15) is 24.6 Å². The van der Waals surface area contributed by atoms with Crippen LogP contribution in [0, 0.1) is 0 Å². The molecule has 0 N–H and O–H groups in total. The molecule has 2 aliphatic heterocycles. The van der Waals surface area contributed by atoms with E-state index in [0.29, 0.717) is 25.5 Å². The van der Waals surface area contributed by atoms with Gasteiger partial charge in [-0.15, -0.1) is 22.0 Å². The van der Waals surface area contributed by atoms with E-state index >= 15 is 0 Å². The lowest BCUT2D eigenvalue weighted by Gasteiger charge is -2.32. The van der Waals surface area contributed by atoms with Gasteiger partial charge >= 0.3 is 0 Å². The fourth-order valence-corrected chi connectivity index (χ4v) is 4.73. The van der Waals surface area contributed by atoms with Gasteiger partial charge in [0.25, 0.3) is 0 Å². The zero-order chi connectivity index (χ0) is 19.6. The minimum atomic E-state index is 0.156. The van der Waals surface area contributed by atoms with Crippen LogP contribution in [0.5, 0.6) is 11.5 Å². The van der Waals surface area contributed by atoms with Crippen molar-refractivity contribution in [2.75, 3.05) is 32.1 Å². The molecule has 2 aromatic heterocycles. The third-order valence-electron chi connectivity index (χ3n) is 5.36. The van der Waals surface area contributed by atoms with Gasteiger partial charge in [0.2, 0.25) is 5.91 Å². The fourth-order valence-electron chi connectivity index (χ4n) is 3.90. The molecule has 1 fully saturated rings. The number of carbonyl (C=O) groups excluding carboxylic acids is 1. The Morgan fingerprint density at radius 3 is 2.97 bits per heavy atom. The van der Waals surface area contributed by atoms with Crippen LogP contribution in [0.4, 0.5) is 0 Å². The molecular weight excluding hydrogens is 388 g/mol. The van der Waals surface area contributed by atoms with Crippen LogP contribution < -0.4 is 9.47 Å². The number of nitrogens with zero attached hydrogens (tertiary/aromatic N) is 4. The van der Waals surface area contributed by atoms with Gasteiger partial charge in [-0.2, -0.15) is 0 Å². The van der Waals surface area contributed by atoms with E-state index in [1.165, 1.54) is 11.8 Å². The summed E-state index contributed by atoms with van der Waals surface area (Å²) in [5, 5.41) is 8.65. The quantitative estimate of drug-likeness (QED) is 0.616. The summed E-state index contributed by atoms with van der Waals surface area (Å²) in [5.41, 5.74) is 0.847. The van der Waals surface area contributed by atoms with Gasteiger partial charge in [-0.25, -0.2) is 0 Å². The molecule has 4 heterocycles. The molecule has 0 radical (unpaired) electrons. The summed E-state index contributed by atoms with van der Waals surface area (Å²) in [6.45, 7) is 2.63. The number of thioether (sulfide) groups is 1. The van der Waals surface area contributed by atoms with E-state index in [1.807, 2.05) is 51.9 Å². The molecule has 0 saturated carbocycles. The number of piperidine rings is 1. The van der Waals surface area contributed by atoms with Crippen LogP contribution >= 0.6 is 11.8 Å². The minimum Gasteiger partial charge on any atom is -0.486 e. The van der Waals surface area contributed by atoms with Crippen molar-refractivity contribution < 1.29 is 14.3 Å². The third kappa shape index (κ3) is 3.76. The van der Waals surface area contributed by atoms with Gasteiger partial charge in [0.1, 0.15) is 19.0 Å². The van der Waals surface area contributed by atoms with E-state index in [9.17, 15) is 4.79 Å². The molecule has 1 atom stereocenters. The van der Waals surface area contributed by atoms with Crippen LogP contribution in [-0.2, 0) is 4.79 Å². The van der Waals surface area contributed by atoms with Crippen LogP contribution in [0.3, 0.4) is 0 Å². The Labute approximate surface area is 173 Å². The SMILES string of the molecule is O=C(CSc1ccc2c(c1)OCCO2)N1CCC[C@@H](c2nnc3ccccn23)C1. The second-order valence-corrected chi connectivity index (χ2v) is 8.31. The highest BCUT2D eigenvalue weighted by Crippen LogP contribution is 2.34. The molecule has 5 rings (SSSR count). The lowest BCUT2D eigenvalue weighted by molar-refractivity contribution is -0.129. The smallest absolute Gasteiger partial charge is 0.232 e. The van der Waals surface area contributed by atoms with Gasteiger partial charge in [0.05, 0.1) is 5.75 Å². The number of carbonyl (C=O) groups is 1. The number of rotatable bonds is 4. The molecule has 1 amide bonds. The van der Waals surface area contributed by atoms with Crippen molar-refractivity contribution in [2.24, 2.45) is 0 Å². The molecule has 2 aliphatic rings.